The van der Waals surface area contributed by atoms with Gasteiger partial charge in [-0.3, -0.25) is 0 Å². The molecule has 1 saturated heterocycles. The number of likely N-dealkylation sites (tertiary alicyclic amines) is 1. The number of halogens is 2. The highest BCUT2D eigenvalue weighted by Crippen LogP contribution is 2.23. The number of rotatable bonds is 5. The molecule has 4 nitrogen and oxygen atoms in total. The highest BCUT2D eigenvalue weighted by atomic mass is 19.1. The smallest absolute Gasteiger partial charge is 0.318 e. The maximum atomic E-state index is 14.3. The summed E-state index contributed by atoms with van der Waals surface area (Å²) < 4.78 is 27.6. The lowest BCUT2D eigenvalue weighted by molar-refractivity contribution is 0.126. The molecule has 1 aliphatic heterocycles. The van der Waals surface area contributed by atoms with Gasteiger partial charge in [0.25, 0.3) is 0 Å². The zero-order valence-electron chi connectivity index (χ0n) is 17.5. The molecule has 160 valence electrons. The van der Waals surface area contributed by atoms with Crippen molar-refractivity contribution >= 4 is 6.03 Å². The molecule has 0 saturated carbocycles. The maximum Gasteiger partial charge on any atom is 0.318 e. The number of hydrogen-bond acceptors (Lipinski definition) is 2. The lowest BCUT2D eigenvalue weighted by Crippen LogP contribution is -2.49. The first-order chi connectivity index (χ1) is 14.5. The minimum Gasteiger partial charge on any atom is -0.334 e. The lowest BCUT2D eigenvalue weighted by Gasteiger charge is -2.37. The summed E-state index contributed by atoms with van der Waals surface area (Å²) in [5.41, 5.74) is 4.20. The average Bonchev–Trinajstić information content (AvgIpc) is 3.20. The van der Waals surface area contributed by atoms with E-state index in [1.165, 1.54) is 29.7 Å². The second-order valence-electron chi connectivity index (χ2n) is 8.51. The number of aryl methyl sites for hydroxylation is 2. The number of piperidine rings is 1. The molecule has 1 heterocycles. The Kier molecular flexibility index (Phi) is 6.32. The lowest BCUT2D eigenvalue weighted by atomic mass is 10.0. The number of benzene rings is 2. The first-order valence-electron chi connectivity index (χ1n) is 10.8. The van der Waals surface area contributed by atoms with Gasteiger partial charge < -0.3 is 15.1 Å². The van der Waals surface area contributed by atoms with Gasteiger partial charge in [-0.2, -0.15) is 0 Å². The van der Waals surface area contributed by atoms with E-state index in [9.17, 15) is 13.6 Å². The Morgan fingerprint density at radius 1 is 1.10 bits per heavy atom. The van der Waals surface area contributed by atoms with E-state index in [1.54, 1.807) is 4.90 Å². The van der Waals surface area contributed by atoms with Crippen molar-refractivity contribution in [2.24, 2.45) is 0 Å². The predicted octanol–water partition coefficient (Wildman–Crippen LogP) is 4.26. The van der Waals surface area contributed by atoms with Gasteiger partial charge in [0.15, 0.2) is 0 Å². The standard InChI is InChI=1S/C24H29F2N3O/c1-28-11-9-22(10-12-28)29(16-20-7-8-21(25)14-23(20)26)24(30)27-15-17-5-6-18-3-2-4-19(18)13-17/h5-8,13-14,22H,2-4,9-12,15-16H2,1H3,(H,27,30). The molecule has 0 bridgehead atoms. The highest BCUT2D eigenvalue weighted by Gasteiger charge is 2.28. The predicted molar refractivity (Wildman–Crippen MR) is 113 cm³/mol. The molecule has 6 heteroatoms. The number of amides is 2. The van der Waals surface area contributed by atoms with Gasteiger partial charge in [0.05, 0.1) is 6.54 Å². The van der Waals surface area contributed by atoms with Crippen LogP contribution in [0, 0.1) is 11.6 Å². The van der Waals surface area contributed by atoms with Crippen LogP contribution in [0.15, 0.2) is 36.4 Å². The molecule has 2 aromatic carbocycles. The Bertz CT molecular complexity index is 909. The van der Waals surface area contributed by atoms with Crippen molar-refractivity contribution in [1.82, 2.24) is 15.1 Å². The van der Waals surface area contributed by atoms with E-state index < -0.39 is 11.6 Å². The van der Waals surface area contributed by atoms with Crippen LogP contribution in [0.5, 0.6) is 0 Å². The Morgan fingerprint density at radius 2 is 1.87 bits per heavy atom. The van der Waals surface area contributed by atoms with Crippen molar-refractivity contribution in [2.45, 2.75) is 51.2 Å². The van der Waals surface area contributed by atoms with Gasteiger partial charge in [-0.05, 0) is 75.0 Å². The number of carbonyl (C=O) groups is 1. The van der Waals surface area contributed by atoms with Crippen LogP contribution in [0.4, 0.5) is 13.6 Å². The summed E-state index contributed by atoms with van der Waals surface area (Å²) in [5.74, 6) is -1.22. The Hall–Kier alpha value is -2.47. The molecule has 0 spiro atoms. The Labute approximate surface area is 176 Å². The third-order valence-corrected chi connectivity index (χ3v) is 6.35. The molecule has 1 N–H and O–H groups in total. The first-order valence-corrected chi connectivity index (χ1v) is 10.8. The normalized spacial score (nSPS) is 17.0. The van der Waals surface area contributed by atoms with Crippen LogP contribution >= 0.6 is 0 Å². The zero-order chi connectivity index (χ0) is 21.1. The summed E-state index contributed by atoms with van der Waals surface area (Å²) in [4.78, 5) is 17.1. The molecule has 1 fully saturated rings. The van der Waals surface area contributed by atoms with Crippen LogP contribution < -0.4 is 5.32 Å². The molecule has 1 aliphatic carbocycles. The summed E-state index contributed by atoms with van der Waals surface area (Å²) in [6.07, 6.45) is 5.10. The molecule has 0 aromatic heterocycles. The molecular formula is C24H29F2N3O. The van der Waals surface area contributed by atoms with Gasteiger partial charge in [0.2, 0.25) is 0 Å². The van der Waals surface area contributed by atoms with Crippen molar-refractivity contribution in [3.8, 4) is 0 Å². The average molecular weight is 414 g/mol. The Morgan fingerprint density at radius 3 is 2.63 bits per heavy atom. The van der Waals surface area contributed by atoms with Crippen molar-refractivity contribution in [2.75, 3.05) is 20.1 Å². The van der Waals surface area contributed by atoms with E-state index >= 15 is 0 Å². The summed E-state index contributed by atoms with van der Waals surface area (Å²) in [6.45, 7) is 2.37. The minimum atomic E-state index is -0.612. The summed E-state index contributed by atoms with van der Waals surface area (Å²) >= 11 is 0. The third-order valence-electron chi connectivity index (χ3n) is 6.35. The van der Waals surface area contributed by atoms with Gasteiger partial charge >= 0.3 is 6.03 Å². The van der Waals surface area contributed by atoms with Crippen molar-refractivity contribution in [3.63, 3.8) is 0 Å². The van der Waals surface area contributed by atoms with E-state index in [2.05, 4.69) is 35.5 Å². The van der Waals surface area contributed by atoms with Crippen molar-refractivity contribution in [3.05, 3.63) is 70.3 Å². The van der Waals surface area contributed by atoms with E-state index in [0.29, 0.717) is 12.1 Å². The van der Waals surface area contributed by atoms with Crippen molar-refractivity contribution < 1.29 is 13.6 Å². The molecule has 2 aliphatic rings. The fourth-order valence-corrected chi connectivity index (χ4v) is 4.52. The van der Waals surface area contributed by atoms with E-state index in [1.807, 2.05) is 0 Å². The molecule has 0 radical (unpaired) electrons. The monoisotopic (exact) mass is 413 g/mol. The second kappa shape index (κ2) is 9.13. The van der Waals surface area contributed by atoms with Crippen LogP contribution in [-0.4, -0.2) is 42.0 Å². The number of hydrogen-bond donors (Lipinski definition) is 1. The number of fused-ring (bicyclic) bond motifs is 1. The fourth-order valence-electron chi connectivity index (χ4n) is 4.52. The number of nitrogens with one attached hydrogen (secondary N) is 1. The topological polar surface area (TPSA) is 35.6 Å². The summed E-state index contributed by atoms with van der Waals surface area (Å²) in [7, 11) is 2.06. The molecule has 2 aromatic rings. The Balaban J connectivity index is 1.47. The summed E-state index contributed by atoms with van der Waals surface area (Å²) in [5, 5.41) is 3.03. The quantitative estimate of drug-likeness (QED) is 0.795. The van der Waals surface area contributed by atoms with Gasteiger partial charge in [0.1, 0.15) is 11.6 Å². The van der Waals surface area contributed by atoms with Crippen LogP contribution in [0.25, 0.3) is 0 Å². The molecule has 2 amide bonds. The van der Waals surface area contributed by atoms with Gasteiger partial charge in [-0.25, -0.2) is 13.6 Å². The molecular weight excluding hydrogens is 384 g/mol. The number of urea groups is 1. The van der Waals surface area contributed by atoms with E-state index in [-0.39, 0.29) is 18.6 Å². The maximum absolute atomic E-state index is 14.3. The van der Waals surface area contributed by atoms with Crippen molar-refractivity contribution in [1.29, 1.82) is 0 Å². The van der Waals surface area contributed by atoms with Gasteiger partial charge in [-0.1, -0.05) is 24.3 Å². The fraction of sp³-hybridized carbons (Fsp3) is 0.458. The van der Waals surface area contributed by atoms with Gasteiger partial charge in [-0.15, -0.1) is 0 Å². The third kappa shape index (κ3) is 4.81. The largest absolute Gasteiger partial charge is 0.334 e. The summed E-state index contributed by atoms with van der Waals surface area (Å²) in [6, 6.07) is 9.80. The highest BCUT2D eigenvalue weighted by molar-refractivity contribution is 5.74. The minimum absolute atomic E-state index is 0.0330. The van der Waals surface area contributed by atoms with Crippen LogP contribution in [0.2, 0.25) is 0 Å². The molecule has 0 atom stereocenters. The van der Waals surface area contributed by atoms with E-state index in [0.717, 1.165) is 50.4 Å². The van der Waals surface area contributed by atoms with Crippen LogP contribution in [-0.2, 0) is 25.9 Å². The van der Waals surface area contributed by atoms with Crippen LogP contribution in [0.1, 0.15) is 41.5 Å². The second-order valence-corrected chi connectivity index (χ2v) is 8.51. The number of carbonyl (C=O) groups excluding carboxylic acids is 1. The number of nitrogens with zero attached hydrogens (tertiary/aromatic N) is 2. The first kappa shape index (κ1) is 20.8. The van der Waals surface area contributed by atoms with Gasteiger partial charge in [0, 0.05) is 24.2 Å². The zero-order valence-corrected chi connectivity index (χ0v) is 17.5. The molecule has 0 unspecified atom stereocenters. The van der Waals surface area contributed by atoms with E-state index in [4.69, 9.17) is 0 Å². The van der Waals surface area contributed by atoms with Crippen LogP contribution in [0.3, 0.4) is 0 Å². The molecule has 30 heavy (non-hydrogen) atoms. The molecule has 4 rings (SSSR count). The SMILES string of the molecule is CN1CCC(N(Cc2ccc(F)cc2F)C(=O)NCc2ccc3c(c2)CCC3)CC1.